The maximum Gasteiger partial charge on any atom is 0.313 e. The van der Waals surface area contributed by atoms with Crippen LogP contribution in [0.1, 0.15) is 31.7 Å². The van der Waals surface area contributed by atoms with Gasteiger partial charge in [-0.15, -0.1) is 0 Å². The van der Waals surface area contributed by atoms with Gasteiger partial charge in [0.1, 0.15) is 5.52 Å². The molecule has 0 saturated heterocycles. The van der Waals surface area contributed by atoms with E-state index < -0.39 is 5.97 Å². The van der Waals surface area contributed by atoms with Crippen molar-refractivity contribution < 1.29 is 9.90 Å². The maximum absolute atomic E-state index is 10.8. The summed E-state index contributed by atoms with van der Waals surface area (Å²) in [5.41, 5.74) is 1.91. The molecule has 19 heavy (non-hydrogen) atoms. The van der Waals surface area contributed by atoms with Crippen LogP contribution in [0.4, 0.5) is 0 Å². The third kappa shape index (κ3) is 2.45. The molecule has 100 valence electrons. The van der Waals surface area contributed by atoms with Gasteiger partial charge in [-0.2, -0.15) is 0 Å². The summed E-state index contributed by atoms with van der Waals surface area (Å²) in [5, 5.41) is 9.64. The van der Waals surface area contributed by atoms with Gasteiger partial charge in [0.25, 0.3) is 0 Å². The first kappa shape index (κ1) is 12.5. The van der Waals surface area contributed by atoms with E-state index >= 15 is 0 Å². The average molecular weight is 277 g/mol. The molecule has 0 amide bonds. The molecule has 2 aromatic rings. The van der Waals surface area contributed by atoms with E-state index in [4.69, 9.17) is 5.11 Å². The number of pyridine rings is 1. The van der Waals surface area contributed by atoms with Gasteiger partial charge in [0, 0.05) is 12.2 Å². The number of carboxylic acids is 1. The predicted molar refractivity (Wildman–Crippen MR) is 73.4 cm³/mol. The second-order valence-electron chi connectivity index (χ2n) is 4.75. The van der Waals surface area contributed by atoms with Gasteiger partial charge in [-0.3, -0.25) is 9.78 Å². The van der Waals surface area contributed by atoms with Crippen LogP contribution >= 0.6 is 11.8 Å². The molecule has 1 saturated carbocycles. The number of nitrogens with zero attached hydrogens (tertiary/aromatic N) is 3. The molecule has 0 radical (unpaired) electrons. The molecule has 6 heteroatoms. The van der Waals surface area contributed by atoms with Gasteiger partial charge in [0.2, 0.25) is 0 Å². The number of carboxylic acid groups (broad SMARTS) is 1. The van der Waals surface area contributed by atoms with Crippen LogP contribution in [-0.2, 0) is 4.79 Å². The van der Waals surface area contributed by atoms with Crippen LogP contribution in [0.25, 0.3) is 11.0 Å². The summed E-state index contributed by atoms with van der Waals surface area (Å²) in [6.07, 6.45) is 8.27. The number of aromatic nitrogens is 3. The Morgan fingerprint density at radius 2 is 2.26 bits per heavy atom. The van der Waals surface area contributed by atoms with Crippen molar-refractivity contribution in [2.75, 3.05) is 5.75 Å². The van der Waals surface area contributed by atoms with Gasteiger partial charge in [0.15, 0.2) is 5.16 Å². The van der Waals surface area contributed by atoms with Crippen molar-refractivity contribution in [1.82, 2.24) is 14.5 Å². The van der Waals surface area contributed by atoms with Crippen LogP contribution in [0.5, 0.6) is 0 Å². The minimum absolute atomic E-state index is 0.0451. The Morgan fingerprint density at radius 1 is 1.47 bits per heavy atom. The smallest absolute Gasteiger partial charge is 0.313 e. The molecule has 1 aliphatic carbocycles. The Hall–Kier alpha value is -1.56. The Bertz CT molecular complexity index is 605. The fourth-order valence-electron chi connectivity index (χ4n) is 2.67. The molecule has 1 aliphatic rings. The lowest BCUT2D eigenvalue weighted by molar-refractivity contribution is -0.133. The van der Waals surface area contributed by atoms with Crippen LogP contribution < -0.4 is 0 Å². The summed E-state index contributed by atoms with van der Waals surface area (Å²) in [6.45, 7) is 0. The van der Waals surface area contributed by atoms with Crippen LogP contribution in [0.15, 0.2) is 23.6 Å². The van der Waals surface area contributed by atoms with Gasteiger partial charge in [-0.1, -0.05) is 24.6 Å². The summed E-state index contributed by atoms with van der Waals surface area (Å²) >= 11 is 1.29. The largest absolute Gasteiger partial charge is 0.481 e. The molecule has 2 heterocycles. The molecule has 1 N–H and O–H groups in total. The van der Waals surface area contributed by atoms with Gasteiger partial charge in [0.05, 0.1) is 17.5 Å². The van der Waals surface area contributed by atoms with Crippen molar-refractivity contribution >= 4 is 28.8 Å². The van der Waals surface area contributed by atoms with Gasteiger partial charge < -0.3 is 9.67 Å². The van der Waals surface area contributed by atoms with Gasteiger partial charge >= 0.3 is 5.97 Å². The third-order valence-corrected chi connectivity index (χ3v) is 4.41. The minimum Gasteiger partial charge on any atom is -0.481 e. The van der Waals surface area contributed by atoms with Gasteiger partial charge in [-0.25, -0.2) is 4.98 Å². The van der Waals surface area contributed by atoms with Gasteiger partial charge in [-0.05, 0) is 18.9 Å². The lowest BCUT2D eigenvalue weighted by atomic mass is 10.2. The van der Waals surface area contributed by atoms with Crippen LogP contribution in [-0.4, -0.2) is 31.4 Å². The standard InChI is InChI=1S/C13H15N3O2S/c17-12(18)8-19-13-15-10-7-14-6-5-11(10)16(13)9-3-1-2-4-9/h5-7,9H,1-4,8H2,(H,17,18). The molecular weight excluding hydrogens is 262 g/mol. The zero-order valence-electron chi connectivity index (χ0n) is 10.5. The van der Waals surface area contributed by atoms with Crippen LogP contribution in [0.2, 0.25) is 0 Å². The van der Waals surface area contributed by atoms with E-state index in [0.29, 0.717) is 6.04 Å². The number of hydrogen-bond acceptors (Lipinski definition) is 4. The van der Waals surface area contributed by atoms with Crippen molar-refractivity contribution in [3.8, 4) is 0 Å². The van der Waals surface area contributed by atoms with E-state index in [0.717, 1.165) is 29.0 Å². The SMILES string of the molecule is O=C(O)CSc1nc2cnccc2n1C1CCCC1. The topological polar surface area (TPSA) is 68.0 Å². The number of aliphatic carboxylic acids is 1. The van der Waals surface area contributed by atoms with E-state index in [2.05, 4.69) is 14.5 Å². The molecule has 5 nitrogen and oxygen atoms in total. The summed E-state index contributed by atoms with van der Waals surface area (Å²) in [6, 6.07) is 2.41. The first-order valence-electron chi connectivity index (χ1n) is 6.42. The Balaban J connectivity index is 2.03. The highest BCUT2D eigenvalue weighted by Gasteiger charge is 2.23. The fourth-order valence-corrected chi connectivity index (χ4v) is 3.47. The summed E-state index contributed by atoms with van der Waals surface area (Å²) in [4.78, 5) is 19.4. The minimum atomic E-state index is -0.812. The highest BCUT2D eigenvalue weighted by Crippen LogP contribution is 2.36. The Labute approximate surface area is 115 Å². The monoisotopic (exact) mass is 277 g/mol. The zero-order chi connectivity index (χ0) is 13.2. The molecule has 1 fully saturated rings. The lowest BCUT2D eigenvalue weighted by Crippen LogP contribution is -2.07. The van der Waals surface area contributed by atoms with Crippen LogP contribution in [0, 0.1) is 0 Å². The van der Waals surface area contributed by atoms with Crippen LogP contribution in [0.3, 0.4) is 0 Å². The number of hydrogen-bond donors (Lipinski definition) is 1. The number of rotatable bonds is 4. The van der Waals surface area contributed by atoms with E-state index in [1.54, 1.807) is 12.4 Å². The second kappa shape index (κ2) is 5.21. The van der Waals surface area contributed by atoms with E-state index in [9.17, 15) is 4.79 Å². The molecule has 0 bridgehead atoms. The molecule has 0 unspecified atom stereocenters. The molecule has 3 rings (SSSR count). The first-order valence-corrected chi connectivity index (χ1v) is 7.41. The average Bonchev–Trinajstić information content (AvgIpc) is 3.02. The predicted octanol–water partition coefficient (Wildman–Crippen LogP) is 2.72. The number of imidazole rings is 1. The highest BCUT2D eigenvalue weighted by molar-refractivity contribution is 7.99. The highest BCUT2D eigenvalue weighted by atomic mass is 32.2. The van der Waals surface area contributed by atoms with E-state index in [1.165, 1.54) is 24.6 Å². The van der Waals surface area contributed by atoms with E-state index in [-0.39, 0.29) is 5.75 Å². The van der Waals surface area contributed by atoms with Crippen molar-refractivity contribution in [2.45, 2.75) is 36.9 Å². The first-order chi connectivity index (χ1) is 9.25. The van der Waals surface area contributed by atoms with Crippen molar-refractivity contribution in [1.29, 1.82) is 0 Å². The summed E-state index contributed by atoms with van der Waals surface area (Å²) in [7, 11) is 0. The molecule has 0 spiro atoms. The maximum atomic E-state index is 10.8. The van der Waals surface area contributed by atoms with E-state index in [1.807, 2.05) is 6.07 Å². The molecular formula is C13H15N3O2S. The summed E-state index contributed by atoms with van der Waals surface area (Å²) in [5.74, 6) is -0.767. The third-order valence-electron chi connectivity index (χ3n) is 3.47. The number of fused-ring (bicyclic) bond motifs is 1. The Kier molecular flexibility index (Phi) is 3.42. The normalized spacial score (nSPS) is 16.2. The van der Waals surface area contributed by atoms with Crippen molar-refractivity contribution in [3.05, 3.63) is 18.5 Å². The zero-order valence-corrected chi connectivity index (χ0v) is 11.3. The summed E-state index contributed by atoms with van der Waals surface area (Å²) < 4.78 is 2.21. The molecule has 0 atom stereocenters. The van der Waals surface area contributed by atoms with Crippen molar-refractivity contribution in [2.24, 2.45) is 0 Å². The second-order valence-corrected chi connectivity index (χ2v) is 5.69. The fraction of sp³-hybridized carbons (Fsp3) is 0.462. The lowest BCUT2D eigenvalue weighted by Gasteiger charge is -2.15. The quantitative estimate of drug-likeness (QED) is 0.870. The molecule has 0 aliphatic heterocycles. The Morgan fingerprint density at radius 3 is 3.00 bits per heavy atom. The molecule has 0 aromatic carbocycles. The number of carbonyl (C=O) groups is 1. The molecule has 2 aromatic heterocycles. The number of thioether (sulfide) groups is 1. The van der Waals surface area contributed by atoms with Crippen molar-refractivity contribution in [3.63, 3.8) is 0 Å².